The van der Waals surface area contributed by atoms with Crippen LogP contribution in [0, 0.1) is 5.92 Å². The van der Waals surface area contributed by atoms with Crippen LogP contribution >= 0.6 is 0 Å². The number of nitrogens with one attached hydrogen (secondary N) is 1. The molecule has 6 heteroatoms. The number of piperidine rings is 1. The van der Waals surface area contributed by atoms with Crippen LogP contribution in [-0.2, 0) is 4.74 Å². The van der Waals surface area contributed by atoms with E-state index in [9.17, 15) is 4.79 Å². The molecule has 1 N–H and O–H groups in total. The quantitative estimate of drug-likeness (QED) is 0.807. The van der Waals surface area contributed by atoms with E-state index in [-0.39, 0.29) is 5.82 Å². The summed E-state index contributed by atoms with van der Waals surface area (Å²) >= 11 is 0. The molecule has 1 aromatic rings. The van der Waals surface area contributed by atoms with Gasteiger partial charge in [0.2, 0.25) is 5.82 Å². The Bertz CT molecular complexity index is 432. The Labute approximate surface area is 113 Å². The first-order valence-corrected chi connectivity index (χ1v) is 6.54. The summed E-state index contributed by atoms with van der Waals surface area (Å²) in [6, 6.07) is 1.81. The molecule has 1 aliphatic rings. The van der Waals surface area contributed by atoms with Crippen molar-refractivity contribution in [3.63, 3.8) is 0 Å². The van der Waals surface area contributed by atoms with E-state index in [0.717, 1.165) is 25.5 Å². The van der Waals surface area contributed by atoms with Crippen molar-refractivity contribution in [3.05, 3.63) is 18.1 Å². The molecule has 1 aliphatic heterocycles. The highest BCUT2D eigenvalue weighted by atomic mass is 16.5. The van der Waals surface area contributed by atoms with Gasteiger partial charge in [0.15, 0.2) is 0 Å². The van der Waals surface area contributed by atoms with E-state index in [1.807, 2.05) is 13.1 Å². The van der Waals surface area contributed by atoms with Crippen molar-refractivity contribution in [2.24, 2.45) is 5.92 Å². The number of esters is 1. The van der Waals surface area contributed by atoms with E-state index >= 15 is 0 Å². The summed E-state index contributed by atoms with van der Waals surface area (Å²) in [5.74, 6) is 1.03. The summed E-state index contributed by atoms with van der Waals surface area (Å²) in [4.78, 5) is 21.6. The maximum Gasteiger partial charge on any atom is 0.376 e. The highest BCUT2D eigenvalue weighted by molar-refractivity contribution is 5.85. The Balaban J connectivity index is 2.01. The van der Waals surface area contributed by atoms with Gasteiger partial charge in [-0.3, -0.25) is 0 Å². The molecule has 0 bridgehead atoms. The second-order valence-corrected chi connectivity index (χ2v) is 4.80. The Morgan fingerprint density at radius 3 is 2.95 bits per heavy atom. The molecule has 0 atom stereocenters. The zero-order valence-corrected chi connectivity index (χ0v) is 11.4. The fraction of sp³-hybridized carbons (Fsp3) is 0.615. The molecule has 2 rings (SSSR count). The summed E-state index contributed by atoms with van der Waals surface area (Å²) in [7, 11) is 3.32. The number of carbonyl (C=O) groups is 1. The van der Waals surface area contributed by atoms with E-state index in [1.165, 1.54) is 20.0 Å². The second-order valence-electron chi connectivity index (χ2n) is 4.80. The largest absolute Gasteiger partial charge is 0.463 e. The van der Waals surface area contributed by atoms with Crippen LogP contribution in [0.25, 0.3) is 0 Å². The number of aromatic nitrogens is 2. The van der Waals surface area contributed by atoms with E-state index < -0.39 is 5.97 Å². The van der Waals surface area contributed by atoms with E-state index in [0.29, 0.717) is 5.92 Å². The summed E-state index contributed by atoms with van der Waals surface area (Å²) in [6.45, 7) is 3.10. The third-order valence-corrected chi connectivity index (χ3v) is 3.39. The van der Waals surface area contributed by atoms with Crippen molar-refractivity contribution in [3.8, 4) is 0 Å². The molecule has 1 aromatic heterocycles. The highest BCUT2D eigenvalue weighted by Gasteiger charge is 2.17. The van der Waals surface area contributed by atoms with Gasteiger partial charge in [0.25, 0.3) is 0 Å². The van der Waals surface area contributed by atoms with Gasteiger partial charge < -0.3 is 15.0 Å². The van der Waals surface area contributed by atoms with Gasteiger partial charge in [-0.05, 0) is 37.9 Å². The maximum atomic E-state index is 11.4. The number of anilines is 1. The van der Waals surface area contributed by atoms with Crippen LogP contribution in [0.15, 0.2) is 12.3 Å². The van der Waals surface area contributed by atoms with Crippen LogP contribution in [0.2, 0.25) is 0 Å². The Hall–Kier alpha value is -1.69. The number of nitrogens with zero attached hydrogens (tertiary/aromatic N) is 3. The fourth-order valence-corrected chi connectivity index (χ4v) is 2.30. The number of rotatable bonds is 4. The molecule has 104 valence electrons. The van der Waals surface area contributed by atoms with E-state index in [1.54, 1.807) is 6.20 Å². The van der Waals surface area contributed by atoms with Gasteiger partial charge in [-0.15, -0.1) is 0 Å². The minimum Gasteiger partial charge on any atom is -0.463 e. The van der Waals surface area contributed by atoms with Crippen LogP contribution in [0.5, 0.6) is 0 Å². The van der Waals surface area contributed by atoms with Gasteiger partial charge in [-0.25, -0.2) is 14.8 Å². The van der Waals surface area contributed by atoms with Crippen molar-refractivity contribution < 1.29 is 9.53 Å². The maximum absolute atomic E-state index is 11.4. The number of ether oxygens (including phenoxy) is 1. The predicted octanol–water partition coefficient (Wildman–Crippen LogP) is 0.699. The van der Waals surface area contributed by atoms with Gasteiger partial charge >= 0.3 is 5.97 Å². The van der Waals surface area contributed by atoms with Crippen LogP contribution < -0.4 is 10.2 Å². The smallest absolute Gasteiger partial charge is 0.376 e. The number of carbonyl (C=O) groups excluding carboxylic acids is 1. The predicted molar refractivity (Wildman–Crippen MR) is 72.2 cm³/mol. The molecule has 6 nitrogen and oxygen atoms in total. The molecule has 2 heterocycles. The molecule has 19 heavy (non-hydrogen) atoms. The SMILES string of the molecule is COC(=O)c1nccc(N(C)CC2CCNCC2)n1. The first kappa shape index (κ1) is 13.7. The van der Waals surface area contributed by atoms with Crippen LogP contribution in [0.4, 0.5) is 5.82 Å². The summed E-state index contributed by atoms with van der Waals surface area (Å²) in [5.41, 5.74) is 0. The lowest BCUT2D eigenvalue weighted by atomic mass is 9.98. The Morgan fingerprint density at radius 1 is 1.53 bits per heavy atom. The van der Waals surface area contributed by atoms with Gasteiger partial charge in [0.1, 0.15) is 5.82 Å². The second kappa shape index (κ2) is 6.47. The van der Waals surface area contributed by atoms with Gasteiger partial charge in [-0.2, -0.15) is 0 Å². The molecule has 0 radical (unpaired) electrons. The minimum absolute atomic E-state index is 0.108. The average molecular weight is 264 g/mol. The van der Waals surface area contributed by atoms with Crippen molar-refractivity contribution in [1.29, 1.82) is 0 Å². The van der Waals surface area contributed by atoms with Crippen molar-refractivity contribution >= 4 is 11.8 Å². The van der Waals surface area contributed by atoms with Gasteiger partial charge in [0.05, 0.1) is 7.11 Å². The molecular formula is C13H20N4O2. The average Bonchev–Trinajstić information content (AvgIpc) is 2.47. The van der Waals surface area contributed by atoms with Crippen molar-refractivity contribution in [2.45, 2.75) is 12.8 Å². The van der Waals surface area contributed by atoms with Crippen LogP contribution in [0.3, 0.4) is 0 Å². The number of methoxy groups -OCH3 is 1. The zero-order valence-electron chi connectivity index (χ0n) is 11.4. The normalized spacial score (nSPS) is 16.1. The monoisotopic (exact) mass is 264 g/mol. The lowest BCUT2D eigenvalue weighted by Gasteiger charge is -2.28. The molecule has 1 saturated heterocycles. The Kier molecular flexibility index (Phi) is 4.68. The highest BCUT2D eigenvalue weighted by Crippen LogP contribution is 2.16. The van der Waals surface area contributed by atoms with Gasteiger partial charge in [-0.1, -0.05) is 0 Å². The minimum atomic E-state index is -0.503. The Morgan fingerprint density at radius 2 is 2.26 bits per heavy atom. The van der Waals surface area contributed by atoms with E-state index in [4.69, 9.17) is 0 Å². The van der Waals surface area contributed by atoms with Crippen molar-refractivity contribution in [1.82, 2.24) is 15.3 Å². The third-order valence-electron chi connectivity index (χ3n) is 3.39. The molecule has 1 fully saturated rings. The summed E-state index contributed by atoms with van der Waals surface area (Å²) in [6.07, 6.45) is 3.95. The lowest BCUT2D eigenvalue weighted by Crippen LogP contribution is -2.35. The topological polar surface area (TPSA) is 67.3 Å². The van der Waals surface area contributed by atoms with Crippen LogP contribution in [0.1, 0.15) is 23.5 Å². The zero-order chi connectivity index (χ0) is 13.7. The molecule has 0 amide bonds. The molecule has 0 spiro atoms. The lowest BCUT2D eigenvalue weighted by molar-refractivity contribution is 0.0587. The fourth-order valence-electron chi connectivity index (χ4n) is 2.30. The molecule has 0 unspecified atom stereocenters. The molecule has 0 saturated carbocycles. The summed E-state index contributed by atoms with van der Waals surface area (Å²) < 4.78 is 4.63. The number of hydrogen-bond donors (Lipinski definition) is 1. The van der Waals surface area contributed by atoms with Crippen LogP contribution in [-0.4, -0.2) is 49.7 Å². The van der Waals surface area contributed by atoms with E-state index in [2.05, 4.69) is 24.9 Å². The first-order valence-electron chi connectivity index (χ1n) is 6.54. The first-order chi connectivity index (χ1) is 9.20. The molecule has 0 aliphatic carbocycles. The van der Waals surface area contributed by atoms with Gasteiger partial charge in [0, 0.05) is 19.8 Å². The summed E-state index contributed by atoms with van der Waals surface area (Å²) in [5, 5.41) is 3.35. The third kappa shape index (κ3) is 3.64. The molecule has 0 aromatic carbocycles. The number of hydrogen-bond acceptors (Lipinski definition) is 6. The standard InChI is InChI=1S/C13H20N4O2/c1-17(9-10-3-6-14-7-4-10)11-5-8-15-12(16-11)13(18)19-2/h5,8,10,14H,3-4,6-7,9H2,1-2H3. The van der Waals surface area contributed by atoms with Crippen molar-refractivity contribution in [2.75, 3.05) is 38.7 Å². The molecular weight excluding hydrogens is 244 g/mol.